The molecule has 210 valence electrons. The van der Waals surface area contributed by atoms with Gasteiger partial charge < -0.3 is 59.9 Å². The van der Waals surface area contributed by atoms with Gasteiger partial charge in [-0.25, -0.2) is 4.79 Å². The largest absolute Gasteiger partial charge is 0.481 e. The Labute approximate surface area is 212 Å². The van der Waals surface area contributed by atoms with E-state index in [9.17, 15) is 34.2 Å². The summed E-state index contributed by atoms with van der Waals surface area (Å²) >= 11 is 0. The van der Waals surface area contributed by atoms with E-state index in [1.807, 2.05) is 0 Å². The van der Waals surface area contributed by atoms with Crippen LogP contribution < -0.4 is 44.6 Å². The number of carboxylic acids is 2. The molecule has 0 saturated carbocycles. The number of aliphatic hydroxyl groups is 1. The Morgan fingerprint density at radius 1 is 0.703 bits per heavy atom. The standard InChI is InChI=1S/C19H36N10O8/c20-9(7-13(31)32)14(33)27-10(3-1-5-25-18(21)22)15(34)29-12(8-30)16(35)28-11(17(36)37)4-2-6-26-19(23)24/h9-12,30H,1-8,20H2,(H,27,33)(H,28,35)(H,29,34)(H,31,32)(H,36,37)(H4,21,22,25)(H4,23,24,26). The molecule has 0 saturated heterocycles. The number of carboxylic acid groups (broad SMARTS) is 2. The van der Waals surface area contributed by atoms with E-state index in [-0.39, 0.29) is 50.7 Å². The third-order valence-corrected chi connectivity index (χ3v) is 4.69. The van der Waals surface area contributed by atoms with Gasteiger partial charge in [-0.1, -0.05) is 0 Å². The number of nitrogens with zero attached hydrogens (tertiary/aromatic N) is 2. The Morgan fingerprint density at radius 3 is 1.57 bits per heavy atom. The summed E-state index contributed by atoms with van der Waals surface area (Å²) in [5, 5.41) is 34.5. The smallest absolute Gasteiger partial charge is 0.326 e. The molecule has 0 spiro atoms. The highest BCUT2D eigenvalue weighted by Gasteiger charge is 2.30. The number of hydrogen-bond donors (Lipinski definition) is 11. The van der Waals surface area contributed by atoms with Crippen LogP contribution in [0, 0.1) is 0 Å². The first-order valence-corrected chi connectivity index (χ1v) is 11.1. The third-order valence-electron chi connectivity index (χ3n) is 4.69. The molecule has 0 rings (SSSR count). The zero-order chi connectivity index (χ0) is 28.5. The second kappa shape index (κ2) is 17.3. The second-order valence-corrected chi connectivity index (χ2v) is 7.81. The van der Waals surface area contributed by atoms with Gasteiger partial charge in [0.2, 0.25) is 17.7 Å². The SMILES string of the molecule is NC(N)=NCCCC(NC(=O)C(CO)NC(=O)C(CCCN=C(N)N)NC(=O)C(N)CC(=O)O)C(=O)O. The first kappa shape index (κ1) is 32.8. The first-order valence-electron chi connectivity index (χ1n) is 11.1. The Kier molecular flexibility index (Phi) is 15.3. The van der Waals surface area contributed by atoms with E-state index in [1.165, 1.54) is 0 Å². The van der Waals surface area contributed by atoms with Crippen molar-refractivity contribution in [3.63, 3.8) is 0 Å². The predicted octanol–water partition coefficient (Wildman–Crippen LogP) is -5.57. The lowest BCUT2D eigenvalue weighted by Gasteiger charge is -2.24. The van der Waals surface area contributed by atoms with Crippen LogP contribution in [0.5, 0.6) is 0 Å². The van der Waals surface area contributed by atoms with Crippen LogP contribution in [0.25, 0.3) is 0 Å². The van der Waals surface area contributed by atoms with Gasteiger partial charge >= 0.3 is 11.9 Å². The molecule has 0 aromatic heterocycles. The average Bonchev–Trinajstić information content (AvgIpc) is 2.79. The van der Waals surface area contributed by atoms with Gasteiger partial charge in [0.1, 0.15) is 18.1 Å². The highest BCUT2D eigenvalue weighted by molar-refractivity contribution is 5.94. The lowest BCUT2D eigenvalue weighted by molar-refractivity contribution is -0.142. The number of carbonyl (C=O) groups is 5. The van der Waals surface area contributed by atoms with Crippen molar-refractivity contribution in [1.82, 2.24) is 16.0 Å². The third kappa shape index (κ3) is 14.7. The molecule has 0 bridgehead atoms. The molecule has 0 aromatic rings. The number of carbonyl (C=O) groups excluding carboxylic acids is 3. The number of rotatable bonds is 18. The molecule has 4 unspecified atom stereocenters. The summed E-state index contributed by atoms with van der Waals surface area (Å²) in [5.41, 5.74) is 26.4. The number of nitrogens with two attached hydrogens (primary N) is 5. The van der Waals surface area contributed by atoms with Crippen molar-refractivity contribution in [1.29, 1.82) is 0 Å². The molecule has 3 amide bonds. The van der Waals surface area contributed by atoms with Gasteiger partial charge in [-0.05, 0) is 25.7 Å². The first-order chi connectivity index (χ1) is 17.3. The summed E-state index contributed by atoms with van der Waals surface area (Å²) in [4.78, 5) is 67.3. The van der Waals surface area contributed by atoms with Crippen LogP contribution in [0.4, 0.5) is 0 Å². The maximum atomic E-state index is 12.8. The van der Waals surface area contributed by atoms with Crippen LogP contribution in [0.1, 0.15) is 32.1 Å². The number of hydrogen-bond acceptors (Lipinski definition) is 9. The molecule has 0 aliphatic rings. The molecule has 0 aliphatic heterocycles. The van der Waals surface area contributed by atoms with Gasteiger partial charge in [-0.15, -0.1) is 0 Å². The fourth-order valence-corrected chi connectivity index (χ4v) is 2.83. The van der Waals surface area contributed by atoms with Crippen molar-refractivity contribution in [2.75, 3.05) is 19.7 Å². The van der Waals surface area contributed by atoms with E-state index in [0.717, 1.165) is 0 Å². The van der Waals surface area contributed by atoms with Gasteiger partial charge in [0.05, 0.1) is 19.1 Å². The molecule has 16 N–H and O–H groups in total. The fraction of sp³-hybridized carbons (Fsp3) is 0.632. The van der Waals surface area contributed by atoms with Crippen molar-refractivity contribution in [3.8, 4) is 0 Å². The van der Waals surface area contributed by atoms with Crippen molar-refractivity contribution < 1.29 is 39.3 Å². The number of aliphatic hydroxyl groups excluding tert-OH is 1. The lowest BCUT2D eigenvalue weighted by atomic mass is 10.1. The van der Waals surface area contributed by atoms with Crippen LogP contribution in [0.2, 0.25) is 0 Å². The molecule has 18 heteroatoms. The Morgan fingerprint density at radius 2 is 1.14 bits per heavy atom. The van der Waals surface area contributed by atoms with Gasteiger partial charge in [-0.2, -0.15) is 0 Å². The van der Waals surface area contributed by atoms with Gasteiger partial charge in [0, 0.05) is 13.1 Å². The summed E-state index contributed by atoms with van der Waals surface area (Å²) in [6.07, 6.45) is -0.385. The molecular weight excluding hydrogens is 496 g/mol. The fourth-order valence-electron chi connectivity index (χ4n) is 2.83. The minimum absolute atomic E-state index is 0.0452. The van der Waals surface area contributed by atoms with Crippen molar-refractivity contribution in [3.05, 3.63) is 0 Å². The molecule has 0 fully saturated rings. The predicted molar refractivity (Wildman–Crippen MR) is 131 cm³/mol. The average molecular weight is 533 g/mol. The normalized spacial score (nSPS) is 13.7. The molecular formula is C19H36N10O8. The minimum atomic E-state index is -1.57. The van der Waals surface area contributed by atoms with Gasteiger partial charge in [-0.3, -0.25) is 29.2 Å². The summed E-state index contributed by atoms with van der Waals surface area (Å²) < 4.78 is 0. The van der Waals surface area contributed by atoms with E-state index < -0.39 is 66.9 Å². The highest BCUT2D eigenvalue weighted by atomic mass is 16.4. The number of guanidine groups is 2. The second-order valence-electron chi connectivity index (χ2n) is 7.81. The zero-order valence-electron chi connectivity index (χ0n) is 20.1. The summed E-state index contributed by atoms with van der Waals surface area (Å²) in [6, 6.07) is -5.70. The molecule has 4 atom stereocenters. The van der Waals surface area contributed by atoms with E-state index in [0.29, 0.717) is 0 Å². The molecule has 0 aromatic carbocycles. The van der Waals surface area contributed by atoms with Crippen LogP contribution in [-0.4, -0.2) is 101 Å². The summed E-state index contributed by atoms with van der Waals surface area (Å²) in [6.45, 7) is -0.689. The maximum Gasteiger partial charge on any atom is 0.326 e. The van der Waals surface area contributed by atoms with Crippen molar-refractivity contribution in [2.24, 2.45) is 38.7 Å². The molecule has 0 aliphatic carbocycles. The van der Waals surface area contributed by atoms with Crippen molar-refractivity contribution >= 4 is 41.6 Å². The quantitative estimate of drug-likeness (QED) is 0.0446. The van der Waals surface area contributed by atoms with Crippen molar-refractivity contribution in [2.45, 2.75) is 56.3 Å². The number of aliphatic imine (C=N–C) groups is 2. The van der Waals surface area contributed by atoms with E-state index in [4.69, 9.17) is 33.8 Å². The van der Waals surface area contributed by atoms with Crippen LogP contribution in [0.3, 0.4) is 0 Å². The van der Waals surface area contributed by atoms with E-state index >= 15 is 0 Å². The van der Waals surface area contributed by atoms with Gasteiger partial charge in [0.15, 0.2) is 11.9 Å². The van der Waals surface area contributed by atoms with E-state index in [1.54, 1.807) is 0 Å². The zero-order valence-corrected chi connectivity index (χ0v) is 20.1. The number of nitrogens with one attached hydrogen (secondary N) is 3. The summed E-state index contributed by atoms with van der Waals surface area (Å²) in [5.74, 6) is -5.94. The monoisotopic (exact) mass is 532 g/mol. The maximum absolute atomic E-state index is 12.8. The lowest BCUT2D eigenvalue weighted by Crippen LogP contribution is -2.58. The Hall–Kier alpha value is -4.19. The number of aliphatic carboxylic acids is 2. The van der Waals surface area contributed by atoms with E-state index in [2.05, 4.69) is 25.9 Å². The molecule has 18 nitrogen and oxygen atoms in total. The topological polar surface area (TPSA) is 337 Å². The van der Waals surface area contributed by atoms with Crippen LogP contribution in [-0.2, 0) is 24.0 Å². The Bertz CT molecular complexity index is 858. The molecule has 0 radical (unpaired) electrons. The molecule has 0 heterocycles. The Balaban J connectivity index is 5.34. The highest BCUT2D eigenvalue weighted by Crippen LogP contribution is 2.03. The summed E-state index contributed by atoms with van der Waals surface area (Å²) in [7, 11) is 0. The van der Waals surface area contributed by atoms with Crippen LogP contribution >= 0.6 is 0 Å². The van der Waals surface area contributed by atoms with Crippen LogP contribution in [0.15, 0.2) is 9.98 Å². The van der Waals surface area contributed by atoms with Gasteiger partial charge in [0.25, 0.3) is 0 Å². The molecule has 37 heavy (non-hydrogen) atoms. The number of amides is 3. The minimum Gasteiger partial charge on any atom is -0.481 e.